The Morgan fingerprint density at radius 1 is 1.04 bits per heavy atom. The first-order chi connectivity index (χ1) is 11.6. The van der Waals surface area contributed by atoms with Crippen LogP contribution in [0, 0.1) is 5.92 Å². The van der Waals surface area contributed by atoms with E-state index in [0.29, 0.717) is 12.1 Å². The van der Waals surface area contributed by atoms with Gasteiger partial charge in [0, 0.05) is 23.7 Å². The number of amides is 2. The third kappa shape index (κ3) is 4.22. The fourth-order valence-corrected chi connectivity index (χ4v) is 2.54. The normalized spacial score (nSPS) is 14.7. The number of benzene rings is 2. The number of hydrogen-bond donors (Lipinski definition) is 2. The summed E-state index contributed by atoms with van der Waals surface area (Å²) in [6, 6.07) is 17.1. The molecule has 4 nitrogen and oxygen atoms in total. The van der Waals surface area contributed by atoms with Gasteiger partial charge in [-0.05, 0) is 48.6 Å². The van der Waals surface area contributed by atoms with Gasteiger partial charge in [-0.2, -0.15) is 0 Å². The molecule has 2 aromatic carbocycles. The van der Waals surface area contributed by atoms with E-state index in [9.17, 15) is 9.59 Å². The van der Waals surface area contributed by atoms with Gasteiger partial charge in [-0.1, -0.05) is 37.3 Å². The Balaban J connectivity index is 1.52. The van der Waals surface area contributed by atoms with Crippen LogP contribution in [-0.4, -0.2) is 18.4 Å². The van der Waals surface area contributed by atoms with Crippen LogP contribution in [0.15, 0.2) is 54.6 Å². The molecular formula is C20H22N2O2. The van der Waals surface area contributed by atoms with Crippen molar-refractivity contribution in [2.75, 3.05) is 11.9 Å². The lowest BCUT2D eigenvalue weighted by Gasteiger charge is -2.13. The Morgan fingerprint density at radius 3 is 2.33 bits per heavy atom. The van der Waals surface area contributed by atoms with Gasteiger partial charge >= 0.3 is 0 Å². The fourth-order valence-electron chi connectivity index (χ4n) is 2.54. The van der Waals surface area contributed by atoms with Crippen molar-refractivity contribution in [1.82, 2.24) is 5.32 Å². The van der Waals surface area contributed by atoms with Crippen molar-refractivity contribution < 1.29 is 9.59 Å². The summed E-state index contributed by atoms with van der Waals surface area (Å²) < 4.78 is 0. The summed E-state index contributed by atoms with van der Waals surface area (Å²) in [5.41, 5.74) is 2.54. The predicted octanol–water partition coefficient (Wildman–Crippen LogP) is 3.57. The van der Waals surface area contributed by atoms with Gasteiger partial charge in [0.25, 0.3) is 5.91 Å². The smallest absolute Gasteiger partial charge is 0.251 e. The van der Waals surface area contributed by atoms with E-state index in [-0.39, 0.29) is 23.7 Å². The molecule has 124 valence electrons. The Bertz CT molecular complexity index is 706. The van der Waals surface area contributed by atoms with E-state index in [1.54, 1.807) is 24.3 Å². The number of hydrogen-bond acceptors (Lipinski definition) is 2. The Kier molecular flexibility index (Phi) is 4.94. The third-order valence-corrected chi connectivity index (χ3v) is 4.30. The largest absolute Gasteiger partial charge is 0.351 e. The maximum Gasteiger partial charge on any atom is 0.251 e. The van der Waals surface area contributed by atoms with Crippen molar-refractivity contribution in [2.24, 2.45) is 5.92 Å². The van der Waals surface area contributed by atoms with E-state index >= 15 is 0 Å². The van der Waals surface area contributed by atoms with Gasteiger partial charge in [-0.15, -0.1) is 0 Å². The molecule has 2 N–H and O–H groups in total. The van der Waals surface area contributed by atoms with Crippen molar-refractivity contribution in [1.29, 1.82) is 0 Å². The van der Waals surface area contributed by atoms with Crippen LogP contribution in [0.25, 0.3) is 0 Å². The van der Waals surface area contributed by atoms with Crippen LogP contribution in [-0.2, 0) is 4.79 Å². The highest BCUT2D eigenvalue weighted by atomic mass is 16.2. The van der Waals surface area contributed by atoms with Crippen LogP contribution in [0.2, 0.25) is 0 Å². The van der Waals surface area contributed by atoms with Crippen molar-refractivity contribution in [2.45, 2.75) is 25.7 Å². The topological polar surface area (TPSA) is 58.2 Å². The Hall–Kier alpha value is -2.62. The molecule has 3 rings (SSSR count). The van der Waals surface area contributed by atoms with Crippen LogP contribution in [0.5, 0.6) is 0 Å². The third-order valence-electron chi connectivity index (χ3n) is 4.30. The molecule has 0 saturated heterocycles. The van der Waals surface area contributed by atoms with Crippen molar-refractivity contribution >= 4 is 17.5 Å². The van der Waals surface area contributed by atoms with Gasteiger partial charge in [0.05, 0.1) is 0 Å². The highest BCUT2D eigenvalue weighted by Gasteiger charge is 2.29. The molecule has 1 aliphatic rings. The summed E-state index contributed by atoms with van der Waals surface area (Å²) in [6.07, 6.45) is 1.96. The van der Waals surface area contributed by atoms with E-state index in [0.717, 1.165) is 18.5 Å². The predicted molar refractivity (Wildman–Crippen MR) is 95.0 cm³/mol. The molecule has 0 radical (unpaired) electrons. The van der Waals surface area contributed by atoms with E-state index in [1.807, 2.05) is 18.2 Å². The summed E-state index contributed by atoms with van der Waals surface area (Å²) >= 11 is 0. The van der Waals surface area contributed by atoms with Crippen LogP contribution in [0.1, 0.15) is 41.6 Å². The lowest BCUT2D eigenvalue weighted by atomic mass is 10.0. The minimum absolute atomic E-state index is 0.0730. The highest BCUT2D eigenvalue weighted by molar-refractivity contribution is 5.96. The average Bonchev–Trinajstić information content (AvgIpc) is 3.46. The molecule has 2 amide bonds. The molecular weight excluding hydrogens is 300 g/mol. The van der Waals surface area contributed by atoms with E-state index in [2.05, 4.69) is 29.7 Å². The maximum atomic E-state index is 12.2. The molecule has 2 aromatic rings. The van der Waals surface area contributed by atoms with Gasteiger partial charge in [-0.25, -0.2) is 0 Å². The molecule has 0 bridgehead atoms. The first kappa shape index (κ1) is 16.2. The Morgan fingerprint density at radius 2 is 1.71 bits per heavy atom. The fraction of sp³-hybridized carbons (Fsp3) is 0.300. The highest BCUT2D eigenvalue weighted by Crippen LogP contribution is 2.30. The molecule has 0 spiro atoms. The standard InChI is InChI=1S/C20H22N2O2/c1-14(15-5-3-2-4-6-15)13-21-19(23)16-9-11-18(12-10-16)22-20(24)17-7-8-17/h2-6,9-12,14,17H,7-8,13H2,1H3,(H,21,23)(H,22,24). The monoisotopic (exact) mass is 322 g/mol. The van der Waals surface area contributed by atoms with Crippen LogP contribution >= 0.6 is 0 Å². The molecule has 1 aliphatic carbocycles. The second kappa shape index (κ2) is 7.30. The van der Waals surface area contributed by atoms with Crippen molar-refractivity contribution in [3.63, 3.8) is 0 Å². The summed E-state index contributed by atoms with van der Waals surface area (Å²) in [4.78, 5) is 23.9. The summed E-state index contributed by atoms with van der Waals surface area (Å²) in [5, 5.41) is 5.83. The summed E-state index contributed by atoms with van der Waals surface area (Å²) in [5.74, 6) is 0.404. The zero-order valence-electron chi connectivity index (χ0n) is 13.8. The first-order valence-electron chi connectivity index (χ1n) is 8.37. The quantitative estimate of drug-likeness (QED) is 0.854. The van der Waals surface area contributed by atoms with Crippen LogP contribution in [0.4, 0.5) is 5.69 Å². The zero-order chi connectivity index (χ0) is 16.9. The number of carbonyl (C=O) groups is 2. The van der Waals surface area contributed by atoms with E-state index in [4.69, 9.17) is 0 Å². The minimum Gasteiger partial charge on any atom is -0.351 e. The van der Waals surface area contributed by atoms with Crippen LogP contribution in [0.3, 0.4) is 0 Å². The van der Waals surface area contributed by atoms with E-state index < -0.39 is 0 Å². The van der Waals surface area contributed by atoms with Crippen molar-refractivity contribution in [3.8, 4) is 0 Å². The molecule has 0 aliphatic heterocycles. The molecule has 4 heteroatoms. The van der Waals surface area contributed by atoms with Gasteiger partial charge in [-0.3, -0.25) is 9.59 Å². The lowest BCUT2D eigenvalue weighted by Crippen LogP contribution is -2.27. The molecule has 0 heterocycles. The number of carbonyl (C=O) groups excluding carboxylic acids is 2. The second-order valence-electron chi connectivity index (χ2n) is 6.36. The summed E-state index contributed by atoms with van der Waals surface area (Å²) in [7, 11) is 0. The number of rotatable bonds is 6. The average molecular weight is 322 g/mol. The number of nitrogens with one attached hydrogen (secondary N) is 2. The van der Waals surface area contributed by atoms with Gasteiger partial charge in [0.2, 0.25) is 5.91 Å². The van der Waals surface area contributed by atoms with Gasteiger partial charge < -0.3 is 10.6 Å². The zero-order valence-corrected chi connectivity index (χ0v) is 13.8. The molecule has 1 unspecified atom stereocenters. The summed E-state index contributed by atoms with van der Waals surface area (Å²) in [6.45, 7) is 2.68. The minimum atomic E-state index is -0.0992. The number of anilines is 1. The first-order valence-corrected chi connectivity index (χ1v) is 8.37. The lowest BCUT2D eigenvalue weighted by molar-refractivity contribution is -0.117. The van der Waals surface area contributed by atoms with Gasteiger partial charge in [0.15, 0.2) is 0 Å². The van der Waals surface area contributed by atoms with E-state index in [1.165, 1.54) is 5.56 Å². The Labute approximate surface area is 142 Å². The van der Waals surface area contributed by atoms with Gasteiger partial charge in [0.1, 0.15) is 0 Å². The SMILES string of the molecule is CC(CNC(=O)c1ccc(NC(=O)C2CC2)cc1)c1ccccc1. The molecule has 1 atom stereocenters. The second-order valence-corrected chi connectivity index (χ2v) is 6.36. The molecule has 1 fully saturated rings. The molecule has 24 heavy (non-hydrogen) atoms. The van der Waals surface area contributed by atoms with Crippen LogP contribution < -0.4 is 10.6 Å². The van der Waals surface area contributed by atoms with Crippen molar-refractivity contribution in [3.05, 3.63) is 65.7 Å². The molecule has 0 aromatic heterocycles. The maximum absolute atomic E-state index is 12.2. The molecule has 1 saturated carbocycles.